The Labute approximate surface area is 106 Å². The predicted octanol–water partition coefficient (Wildman–Crippen LogP) is 2.96. The Hall–Kier alpha value is -2.10. The molecule has 2 aromatic rings. The van der Waals surface area contributed by atoms with E-state index in [1.807, 2.05) is 24.3 Å². The molecule has 0 unspecified atom stereocenters. The molecule has 0 saturated carbocycles. The van der Waals surface area contributed by atoms with Crippen molar-refractivity contribution in [3.05, 3.63) is 47.7 Å². The number of nitrogens with zero attached hydrogens (tertiary/aromatic N) is 1. The lowest BCUT2D eigenvalue weighted by molar-refractivity contribution is 0.102. The van der Waals surface area contributed by atoms with Crippen LogP contribution in [0.3, 0.4) is 0 Å². The van der Waals surface area contributed by atoms with E-state index in [1.165, 1.54) is 0 Å². The summed E-state index contributed by atoms with van der Waals surface area (Å²) < 4.78 is 0. The minimum Gasteiger partial charge on any atom is -0.305 e. The number of anilines is 1. The minimum atomic E-state index is -0.150. The van der Waals surface area contributed by atoms with E-state index in [4.69, 9.17) is 0 Å². The number of aromatic nitrogens is 2. The molecule has 1 heterocycles. The number of aromatic amines is 1. The molecular weight excluding hydrogens is 226 g/mol. The second-order valence-corrected chi connectivity index (χ2v) is 5.24. The summed E-state index contributed by atoms with van der Waals surface area (Å²) >= 11 is 0. The smallest absolute Gasteiger partial charge is 0.256 e. The fraction of sp³-hybridized carbons (Fsp3) is 0.286. The van der Waals surface area contributed by atoms with Crippen LogP contribution in [-0.4, -0.2) is 16.1 Å². The van der Waals surface area contributed by atoms with Crippen molar-refractivity contribution in [2.45, 2.75) is 26.2 Å². The van der Waals surface area contributed by atoms with Crippen LogP contribution in [0, 0.1) is 0 Å². The van der Waals surface area contributed by atoms with Crippen molar-refractivity contribution in [3.8, 4) is 0 Å². The van der Waals surface area contributed by atoms with Gasteiger partial charge in [0.25, 0.3) is 5.91 Å². The molecule has 4 nitrogen and oxygen atoms in total. The summed E-state index contributed by atoms with van der Waals surface area (Å²) in [5, 5.41) is 9.80. The number of H-pyrrole nitrogens is 1. The molecule has 0 aliphatic heterocycles. The third kappa shape index (κ3) is 2.77. The van der Waals surface area contributed by atoms with Gasteiger partial charge in [0.1, 0.15) is 0 Å². The average Bonchev–Trinajstić information content (AvgIpc) is 2.78. The summed E-state index contributed by atoms with van der Waals surface area (Å²) in [4.78, 5) is 11.9. The summed E-state index contributed by atoms with van der Waals surface area (Å²) in [6.45, 7) is 6.26. The van der Waals surface area contributed by atoms with Gasteiger partial charge in [-0.1, -0.05) is 39.0 Å². The van der Waals surface area contributed by atoms with E-state index in [2.05, 4.69) is 36.3 Å². The second-order valence-electron chi connectivity index (χ2n) is 5.24. The van der Waals surface area contributed by atoms with Gasteiger partial charge in [-0.15, -0.1) is 0 Å². The van der Waals surface area contributed by atoms with E-state index in [1.54, 1.807) is 12.1 Å². The van der Waals surface area contributed by atoms with Crippen molar-refractivity contribution in [2.75, 3.05) is 5.32 Å². The lowest BCUT2D eigenvalue weighted by atomic mass is 9.92. The van der Waals surface area contributed by atoms with Crippen molar-refractivity contribution in [2.24, 2.45) is 0 Å². The molecule has 0 aliphatic rings. The molecule has 0 spiro atoms. The summed E-state index contributed by atoms with van der Waals surface area (Å²) in [6, 6.07) is 10.9. The molecule has 0 atom stereocenters. The fourth-order valence-electron chi connectivity index (χ4n) is 1.55. The normalized spacial score (nSPS) is 11.3. The number of amides is 1. The topological polar surface area (TPSA) is 57.8 Å². The number of benzene rings is 1. The van der Waals surface area contributed by atoms with Gasteiger partial charge in [0, 0.05) is 22.7 Å². The van der Waals surface area contributed by atoms with E-state index in [9.17, 15) is 4.79 Å². The van der Waals surface area contributed by atoms with Gasteiger partial charge in [0.2, 0.25) is 0 Å². The van der Waals surface area contributed by atoms with Gasteiger partial charge >= 0.3 is 0 Å². The third-order valence-corrected chi connectivity index (χ3v) is 2.66. The first-order valence-electron chi connectivity index (χ1n) is 5.89. The number of nitrogens with one attached hydrogen (secondary N) is 2. The second kappa shape index (κ2) is 4.64. The summed E-state index contributed by atoms with van der Waals surface area (Å²) in [5.41, 5.74) is 1.60. The largest absolute Gasteiger partial charge is 0.305 e. The molecule has 0 bridgehead atoms. The minimum absolute atomic E-state index is 0.0112. The zero-order valence-electron chi connectivity index (χ0n) is 10.8. The first-order valence-corrected chi connectivity index (χ1v) is 5.89. The van der Waals surface area contributed by atoms with E-state index < -0.39 is 0 Å². The van der Waals surface area contributed by atoms with Crippen LogP contribution in [0.2, 0.25) is 0 Å². The van der Waals surface area contributed by atoms with Gasteiger partial charge < -0.3 is 5.32 Å². The molecule has 4 heteroatoms. The summed E-state index contributed by atoms with van der Waals surface area (Å²) in [5.74, 6) is 0.399. The summed E-state index contributed by atoms with van der Waals surface area (Å²) in [7, 11) is 0. The summed E-state index contributed by atoms with van der Waals surface area (Å²) in [6.07, 6.45) is 0. The molecule has 1 amide bonds. The zero-order valence-corrected chi connectivity index (χ0v) is 10.8. The molecule has 2 N–H and O–H groups in total. The first-order chi connectivity index (χ1) is 8.47. The number of hydrogen-bond donors (Lipinski definition) is 2. The highest BCUT2D eigenvalue weighted by Gasteiger charge is 2.17. The number of carbonyl (C=O) groups excluding carboxylic acids is 1. The van der Waals surface area contributed by atoms with Crippen LogP contribution < -0.4 is 5.32 Å². The van der Waals surface area contributed by atoms with E-state index in [0.29, 0.717) is 11.4 Å². The molecule has 1 aromatic carbocycles. The van der Waals surface area contributed by atoms with Crippen LogP contribution in [0.5, 0.6) is 0 Å². The maximum Gasteiger partial charge on any atom is 0.256 e. The standard InChI is InChI=1S/C14H17N3O/c1-14(2,3)11-9-12(17-16-11)15-13(18)10-7-5-4-6-8-10/h4-9H,1-3H3,(H2,15,16,17,18). The highest BCUT2D eigenvalue weighted by molar-refractivity contribution is 6.03. The van der Waals surface area contributed by atoms with Crippen molar-refractivity contribution in [1.29, 1.82) is 0 Å². The van der Waals surface area contributed by atoms with Gasteiger partial charge in [-0.05, 0) is 12.1 Å². The molecule has 18 heavy (non-hydrogen) atoms. The number of carbonyl (C=O) groups is 1. The third-order valence-electron chi connectivity index (χ3n) is 2.66. The van der Waals surface area contributed by atoms with Crippen LogP contribution in [-0.2, 0) is 5.41 Å². The Bertz CT molecular complexity index is 538. The van der Waals surface area contributed by atoms with E-state index in [-0.39, 0.29) is 11.3 Å². The van der Waals surface area contributed by atoms with Crippen LogP contribution in [0.1, 0.15) is 36.8 Å². The highest BCUT2D eigenvalue weighted by atomic mass is 16.1. The highest BCUT2D eigenvalue weighted by Crippen LogP contribution is 2.22. The molecule has 0 fully saturated rings. The number of rotatable bonds is 2. The van der Waals surface area contributed by atoms with E-state index >= 15 is 0 Å². The maximum absolute atomic E-state index is 11.9. The van der Waals surface area contributed by atoms with Crippen LogP contribution in [0.4, 0.5) is 5.82 Å². The van der Waals surface area contributed by atoms with Crippen molar-refractivity contribution < 1.29 is 4.79 Å². The Morgan fingerprint density at radius 2 is 1.89 bits per heavy atom. The quantitative estimate of drug-likeness (QED) is 0.852. The first kappa shape index (κ1) is 12.4. The Morgan fingerprint density at radius 3 is 2.44 bits per heavy atom. The van der Waals surface area contributed by atoms with Crippen LogP contribution in [0.25, 0.3) is 0 Å². The van der Waals surface area contributed by atoms with Crippen molar-refractivity contribution in [3.63, 3.8) is 0 Å². The van der Waals surface area contributed by atoms with Gasteiger partial charge in [0.15, 0.2) is 5.82 Å². The van der Waals surface area contributed by atoms with Gasteiger partial charge in [-0.25, -0.2) is 0 Å². The Morgan fingerprint density at radius 1 is 1.22 bits per heavy atom. The predicted molar refractivity (Wildman–Crippen MR) is 71.7 cm³/mol. The molecule has 0 saturated heterocycles. The molecule has 94 valence electrons. The van der Waals surface area contributed by atoms with E-state index in [0.717, 1.165) is 5.69 Å². The maximum atomic E-state index is 11.9. The van der Waals surface area contributed by atoms with Gasteiger partial charge in [-0.3, -0.25) is 9.89 Å². The Balaban J connectivity index is 2.11. The number of hydrogen-bond acceptors (Lipinski definition) is 2. The molecule has 0 radical (unpaired) electrons. The van der Waals surface area contributed by atoms with Crippen LogP contribution >= 0.6 is 0 Å². The molecule has 0 aliphatic carbocycles. The van der Waals surface area contributed by atoms with Crippen molar-refractivity contribution in [1.82, 2.24) is 10.2 Å². The van der Waals surface area contributed by atoms with Gasteiger partial charge in [-0.2, -0.15) is 5.10 Å². The zero-order chi connectivity index (χ0) is 13.2. The molecular formula is C14H17N3O. The van der Waals surface area contributed by atoms with Crippen molar-refractivity contribution >= 4 is 11.7 Å². The lowest BCUT2D eigenvalue weighted by Crippen LogP contribution is -2.12. The van der Waals surface area contributed by atoms with Crippen LogP contribution in [0.15, 0.2) is 36.4 Å². The molecule has 2 rings (SSSR count). The monoisotopic (exact) mass is 243 g/mol. The lowest BCUT2D eigenvalue weighted by Gasteiger charge is -2.14. The Kier molecular flexibility index (Phi) is 3.19. The fourth-order valence-corrected chi connectivity index (χ4v) is 1.55. The average molecular weight is 243 g/mol. The van der Waals surface area contributed by atoms with Gasteiger partial charge in [0.05, 0.1) is 0 Å². The molecule has 1 aromatic heterocycles. The SMILES string of the molecule is CC(C)(C)c1cc(NC(=O)c2ccccc2)n[nH]1.